The fraction of sp³-hybridized carbons (Fsp3) is 0.500. The van der Waals surface area contributed by atoms with Crippen LogP contribution in [0.25, 0.3) is 0 Å². The molecule has 0 spiro atoms. The average Bonchev–Trinajstić information content (AvgIpc) is 2.60. The minimum Gasteiger partial charge on any atom is -0.480 e. The molecule has 7 nitrogen and oxygen atoms in total. The average molecular weight is 248 g/mol. The van der Waals surface area contributed by atoms with E-state index in [1.165, 1.54) is 6.20 Å². The Balaban J connectivity index is 2.54. The van der Waals surface area contributed by atoms with Crippen LogP contribution in [0.4, 0.5) is 0 Å². The Morgan fingerprint density at radius 3 is 2.81 bits per heavy atom. The number of carbonyl (C=O) groups is 1. The molecule has 0 fully saturated rings. The van der Waals surface area contributed by atoms with Crippen LogP contribution in [-0.2, 0) is 27.8 Å². The summed E-state index contributed by atoms with van der Waals surface area (Å²) in [6.45, 7) is 1.73. The Labute approximate surface area is 92.5 Å². The first-order chi connectivity index (χ1) is 7.43. The van der Waals surface area contributed by atoms with Gasteiger partial charge >= 0.3 is 5.97 Å². The third-order valence-electron chi connectivity index (χ3n) is 1.71. The first-order valence-electron chi connectivity index (χ1n) is 4.55. The number of sulfonamides is 1. The summed E-state index contributed by atoms with van der Waals surface area (Å²) in [4.78, 5) is 14.0. The van der Waals surface area contributed by atoms with Crippen molar-refractivity contribution in [3.05, 3.63) is 17.8 Å². The van der Waals surface area contributed by atoms with E-state index in [-0.39, 0.29) is 12.4 Å². The number of rotatable bonds is 6. The molecule has 0 radical (unpaired) electrons. The van der Waals surface area contributed by atoms with Gasteiger partial charge in [-0.05, 0) is 0 Å². The lowest BCUT2D eigenvalue weighted by molar-refractivity contribution is -0.134. The van der Waals surface area contributed by atoms with Gasteiger partial charge in [0.05, 0.1) is 12.7 Å². The van der Waals surface area contributed by atoms with Crippen LogP contribution in [0.1, 0.15) is 18.6 Å². The van der Waals surface area contributed by atoms with E-state index < -0.39 is 21.7 Å². The molecule has 1 heterocycles. The number of oxazole rings is 1. The van der Waals surface area contributed by atoms with Gasteiger partial charge in [0.15, 0.2) is 5.75 Å². The number of nitrogens with one attached hydrogen (secondary N) is 1. The maximum absolute atomic E-state index is 11.1. The summed E-state index contributed by atoms with van der Waals surface area (Å²) < 4.78 is 29.5. The van der Waals surface area contributed by atoms with E-state index in [9.17, 15) is 13.2 Å². The van der Waals surface area contributed by atoms with Crippen LogP contribution in [0.2, 0.25) is 0 Å². The predicted octanol–water partition coefficient (Wildman–Crippen LogP) is -0.259. The van der Waals surface area contributed by atoms with Crippen LogP contribution in [0.3, 0.4) is 0 Å². The van der Waals surface area contributed by atoms with Gasteiger partial charge in [-0.25, -0.2) is 18.1 Å². The topological polar surface area (TPSA) is 110 Å². The van der Waals surface area contributed by atoms with E-state index in [0.29, 0.717) is 12.2 Å². The molecule has 0 saturated carbocycles. The van der Waals surface area contributed by atoms with Crippen molar-refractivity contribution in [3.63, 3.8) is 0 Å². The van der Waals surface area contributed by atoms with Crippen LogP contribution in [0, 0.1) is 0 Å². The lowest BCUT2D eigenvalue weighted by Gasteiger charge is -2.00. The van der Waals surface area contributed by atoms with Gasteiger partial charge in [0.2, 0.25) is 15.9 Å². The van der Waals surface area contributed by atoms with Gasteiger partial charge in [0.1, 0.15) is 5.76 Å². The lowest BCUT2D eigenvalue weighted by atomic mass is 10.4. The minimum absolute atomic E-state index is 0.143. The van der Waals surface area contributed by atoms with Crippen molar-refractivity contribution in [2.24, 2.45) is 0 Å². The number of hydrogen-bond acceptors (Lipinski definition) is 5. The summed E-state index contributed by atoms with van der Waals surface area (Å²) in [5, 5.41) is 8.33. The fourth-order valence-corrected chi connectivity index (χ4v) is 1.75. The van der Waals surface area contributed by atoms with Crippen molar-refractivity contribution in [3.8, 4) is 0 Å². The SMILES string of the molecule is CCc1cnc(CNS(=O)(=O)CC(=O)O)o1. The second-order valence-electron chi connectivity index (χ2n) is 3.05. The van der Waals surface area contributed by atoms with E-state index in [4.69, 9.17) is 9.52 Å². The molecule has 1 rings (SSSR count). The number of aromatic nitrogens is 1. The molecule has 16 heavy (non-hydrogen) atoms. The summed E-state index contributed by atoms with van der Waals surface area (Å²) in [5.41, 5.74) is 0. The van der Waals surface area contributed by atoms with Crippen molar-refractivity contribution in [1.82, 2.24) is 9.71 Å². The summed E-state index contributed by atoms with van der Waals surface area (Å²) in [7, 11) is -3.83. The normalized spacial score (nSPS) is 11.6. The van der Waals surface area contributed by atoms with Crippen LogP contribution < -0.4 is 4.72 Å². The van der Waals surface area contributed by atoms with Crippen LogP contribution in [0.15, 0.2) is 10.6 Å². The van der Waals surface area contributed by atoms with Gasteiger partial charge < -0.3 is 9.52 Å². The van der Waals surface area contributed by atoms with Crippen LogP contribution in [-0.4, -0.2) is 30.2 Å². The largest absolute Gasteiger partial charge is 0.480 e. The molecule has 0 aliphatic rings. The second-order valence-corrected chi connectivity index (χ2v) is 4.85. The summed E-state index contributed by atoms with van der Waals surface area (Å²) >= 11 is 0. The zero-order chi connectivity index (χ0) is 12.2. The number of carboxylic acids is 1. The molecular formula is C8H12N2O5S. The Bertz CT molecular complexity index is 465. The van der Waals surface area contributed by atoms with Gasteiger partial charge in [-0.2, -0.15) is 0 Å². The number of carboxylic acid groups (broad SMARTS) is 1. The third-order valence-corrected chi connectivity index (χ3v) is 2.92. The van der Waals surface area contributed by atoms with Gasteiger partial charge in [0.25, 0.3) is 0 Å². The Kier molecular flexibility index (Phi) is 4.02. The highest BCUT2D eigenvalue weighted by Gasteiger charge is 2.16. The zero-order valence-electron chi connectivity index (χ0n) is 8.63. The summed E-state index contributed by atoms with van der Waals surface area (Å²) in [5.74, 6) is -1.51. The number of aliphatic carboxylic acids is 1. The number of aryl methyl sites for hydroxylation is 1. The summed E-state index contributed by atoms with van der Waals surface area (Å²) in [6, 6.07) is 0. The third kappa shape index (κ3) is 3.99. The van der Waals surface area contributed by atoms with Crippen molar-refractivity contribution in [2.75, 3.05) is 5.75 Å². The quantitative estimate of drug-likeness (QED) is 0.717. The highest BCUT2D eigenvalue weighted by molar-refractivity contribution is 7.90. The summed E-state index contributed by atoms with van der Waals surface area (Å²) in [6.07, 6.45) is 2.16. The van der Waals surface area contributed by atoms with Gasteiger partial charge in [-0.15, -0.1) is 0 Å². The van der Waals surface area contributed by atoms with E-state index in [0.717, 1.165) is 0 Å². The molecule has 0 aromatic carbocycles. The molecule has 1 aromatic heterocycles. The fourth-order valence-electron chi connectivity index (χ4n) is 0.978. The maximum Gasteiger partial charge on any atom is 0.320 e. The maximum atomic E-state index is 11.1. The number of nitrogens with zero attached hydrogens (tertiary/aromatic N) is 1. The first-order valence-corrected chi connectivity index (χ1v) is 6.21. The molecule has 8 heteroatoms. The Morgan fingerprint density at radius 2 is 2.31 bits per heavy atom. The predicted molar refractivity (Wildman–Crippen MR) is 54.1 cm³/mol. The lowest BCUT2D eigenvalue weighted by Crippen LogP contribution is -2.29. The highest BCUT2D eigenvalue weighted by Crippen LogP contribution is 2.04. The molecule has 0 aliphatic heterocycles. The van der Waals surface area contributed by atoms with Crippen molar-refractivity contribution < 1.29 is 22.7 Å². The van der Waals surface area contributed by atoms with Gasteiger partial charge in [-0.3, -0.25) is 4.79 Å². The standard InChI is InChI=1S/C8H12N2O5S/c1-2-6-3-9-7(15-6)4-10-16(13,14)5-8(11)12/h3,10H,2,4-5H2,1H3,(H,11,12). The zero-order valence-corrected chi connectivity index (χ0v) is 9.45. The molecule has 1 aromatic rings. The minimum atomic E-state index is -3.83. The van der Waals surface area contributed by atoms with Crippen LogP contribution in [0.5, 0.6) is 0 Å². The van der Waals surface area contributed by atoms with Crippen molar-refractivity contribution in [2.45, 2.75) is 19.9 Å². The van der Waals surface area contributed by atoms with E-state index >= 15 is 0 Å². The molecule has 0 unspecified atom stereocenters. The van der Waals surface area contributed by atoms with Gasteiger partial charge in [0, 0.05) is 6.42 Å². The van der Waals surface area contributed by atoms with Crippen molar-refractivity contribution >= 4 is 16.0 Å². The molecule has 0 aliphatic carbocycles. The number of hydrogen-bond donors (Lipinski definition) is 2. The van der Waals surface area contributed by atoms with E-state index in [2.05, 4.69) is 9.71 Å². The molecule has 90 valence electrons. The molecule has 2 N–H and O–H groups in total. The Hall–Kier alpha value is -1.41. The molecule has 0 bridgehead atoms. The molecule has 0 atom stereocenters. The smallest absolute Gasteiger partial charge is 0.320 e. The molecule has 0 saturated heterocycles. The van der Waals surface area contributed by atoms with Crippen molar-refractivity contribution in [1.29, 1.82) is 0 Å². The highest BCUT2D eigenvalue weighted by atomic mass is 32.2. The monoisotopic (exact) mass is 248 g/mol. The molecule has 0 amide bonds. The van der Waals surface area contributed by atoms with E-state index in [1.807, 2.05) is 6.92 Å². The van der Waals surface area contributed by atoms with Gasteiger partial charge in [-0.1, -0.05) is 6.92 Å². The Morgan fingerprint density at radius 1 is 1.62 bits per heavy atom. The van der Waals surface area contributed by atoms with E-state index in [1.54, 1.807) is 0 Å². The molecular weight excluding hydrogens is 236 g/mol. The van der Waals surface area contributed by atoms with Crippen LogP contribution >= 0.6 is 0 Å². The second kappa shape index (κ2) is 5.08. The first kappa shape index (κ1) is 12.7.